The maximum absolute atomic E-state index is 11.2. The second kappa shape index (κ2) is 4.61. The standard InChI is InChI=1S/C8H14N4O/c1-2-3-6-12-7(4-5-10-12)8(13)11-9/h4-5H,2-3,6,9H2,1H3,(H,11,13). The molecule has 0 saturated carbocycles. The third kappa shape index (κ3) is 2.29. The van der Waals surface area contributed by atoms with E-state index >= 15 is 0 Å². The molecule has 0 aromatic carbocycles. The van der Waals surface area contributed by atoms with Crippen LogP contribution in [0.15, 0.2) is 12.3 Å². The van der Waals surface area contributed by atoms with E-state index in [0.29, 0.717) is 5.69 Å². The van der Waals surface area contributed by atoms with Crippen molar-refractivity contribution in [2.75, 3.05) is 0 Å². The normalized spacial score (nSPS) is 10.0. The number of carbonyl (C=O) groups is 1. The van der Waals surface area contributed by atoms with Gasteiger partial charge in [0.05, 0.1) is 0 Å². The Morgan fingerprint density at radius 3 is 3.15 bits per heavy atom. The predicted molar refractivity (Wildman–Crippen MR) is 48.8 cm³/mol. The van der Waals surface area contributed by atoms with E-state index in [-0.39, 0.29) is 5.91 Å². The number of carbonyl (C=O) groups excluding carboxylic acids is 1. The number of rotatable bonds is 4. The van der Waals surface area contributed by atoms with Gasteiger partial charge in [0.15, 0.2) is 0 Å². The van der Waals surface area contributed by atoms with E-state index in [0.717, 1.165) is 19.4 Å². The Balaban J connectivity index is 2.71. The summed E-state index contributed by atoms with van der Waals surface area (Å²) in [5, 5.41) is 4.02. The maximum atomic E-state index is 11.2. The van der Waals surface area contributed by atoms with E-state index in [9.17, 15) is 4.79 Å². The summed E-state index contributed by atoms with van der Waals surface area (Å²) in [4.78, 5) is 11.2. The van der Waals surface area contributed by atoms with Gasteiger partial charge in [-0.15, -0.1) is 0 Å². The van der Waals surface area contributed by atoms with Gasteiger partial charge in [-0.3, -0.25) is 14.9 Å². The van der Waals surface area contributed by atoms with Crippen molar-refractivity contribution in [3.63, 3.8) is 0 Å². The minimum Gasteiger partial charge on any atom is -0.289 e. The summed E-state index contributed by atoms with van der Waals surface area (Å²) in [7, 11) is 0. The molecule has 1 rings (SSSR count). The summed E-state index contributed by atoms with van der Waals surface area (Å²) in [5.41, 5.74) is 2.59. The number of hydrogen-bond acceptors (Lipinski definition) is 3. The number of hydrazine groups is 1. The summed E-state index contributed by atoms with van der Waals surface area (Å²) in [6.45, 7) is 2.85. The third-order valence-electron chi connectivity index (χ3n) is 1.80. The van der Waals surface area contributed by atoms with Crippen LogP contribution in [0.3, 0.4) is 0 Å². The molecule has 0 bridgehead atoms. The first-order valence-corrected chi connectivity index (χ1v) is 4.32. The summed E-state index contributed by atoms with van der Waals surface area (Å²) in [6, 6.07) is 1.65. The van der Waals surface area contributed by atoms with E-state index < -0.39 is 0 Å². The lowest BCUT2D eigenvalue weighted by Gasteiger charge is -2.04. The van der Waals surface area contributed by atoms with Gasteiger partial charge in [-0.1, -0.05) is 13.3 Å². The first-order valence-electron chi connectivity index (χ1n) is 4.32. The number of nitrogens with two attached hydrogens (primary N) is 1. The minimum atomic E-state index is -0.298. The molecule has 0 atom stereocenters. The molecule has 0 saturated heterocycles. The molecule has 1 amide bonds. The van der Waals surface area contributed by atoms with Crippen molar-refractivity contribution in [3.05, 3.63) is 18.0 Å². The Morgan fingerprint density at radius 2 is 2.54 bits per heavy atom. The first-order chi connectivity index (χ1) is 6.29. The number of unbranched alkanes of at least 4 members (excludes halogenated alkanes) is 1. The highest BCUT2D eigenvalue weighted by Gasteiger charge is 2.08. The van der Waals surface area contributed by atoms with Gasteiger partial charge in [-0.05, 0) is 12.5 Å². The molecule has 3 N–H and O–H groups in total. The number of nitrogen functional groups attached to an aromatic ring is 1. The Labute approximate surface area is 76.9 Å². The molecule has 1 aromatic heterocycles. The molecule has 0 fully saturated rings. The smallest absolute Gasteiger partial charge is 0.283 e. The maximum Gasteiger partial charge on any atom is 0.283 e. The molecule has 0 aliphatic carbocycles. The van der Waals surface area contributed by atoms with Crippen LogP contribution in [0.2, 0.25) is 0 Å². The van der Waals surface area contributed by atoms with Crippen molar-refractivity contribution in [1.29, 1.82) is 0 Å². The molecule has 72 valence electrons. The largest absolute Gasteiger partial charge is 0.289 e. The highest BCUT2D eigenvalue weighted by atomic mass is 16.2. The lowest BCUT2D eigenvalue weighted by atomic mass is 10.3. The Morgan fingerprint density at radius 1 is 1.77 bits per heavy atom. The number of nitrogens with one attached hydrogen (secondary N) is 1. The molecular weight excluding hydrogens is 168 g/mol. The second-order valence-corrected chi connectivity index (χ2v) is 2.77. The van der Waals surface area contributed by atoms with Crippen LogP contribution in [-0.2, 0) is 6.54 Å². The SMILES string of the molecule is CCCCn1nccc1C(=O)NN. The second-order valence-electron chi connectivity index (χ2n) is 2.77. The molecule has 1 heterocycles. The minimum absolute atomic E-state index is 0.298. The van der Waals surface area contributed by atoms with Crippen LogP contribution in [0.4, 0.5) is 0 Å². The Hall–Kier alpha value is -1.36. The summed E-state index contributed by atoms with van der Waals surface area (Å²) in [5.74, 6) is 4.72. The fraction of sp³-hybridized carbons (Fsp3) is 0.500. The molecule has 0 unspecified atom stereocenters. The highest BCUT2D eigenvalue weighted by Crippen LogP contribution is 2.00. The van der Waals surface area contributed by atoms with Crippen LogP contribution in [0.1, 0.15) is 30.3 Å². The lowest BCUT2D eigenvalue weighted by Crippen LogP contribution is -2.32. The van der Waals surface area contributed by atoms with E-state index in [2.05, 4.69) is 17.4 Å². The van der Waals surface area contributed by atoms with Crippen LogP contribution in [0, 0.1) is 0 Å². The lowest BCUT2D eigenvalue weighted by molar-refractivity contribution is 0.0942. The van der Waals surface area contributed by atoms with Crippen molar-refractivity contribution >= 4 is 5.91 Å². The van der Waals surface area contributed by atoms with Crippen LogP contribution in [0.5, 0.6) is 0 Å². The summed E-state index contributed by atoms with van der Waals surface area (Å²) >= 11 is 0. The molecule has 0 aliphatic rings. The molecule has 0 radical (unpaired) electrons. The zero-order valence-corrected chi connectivity index (χ0v) is 7.66. The zero-order valence-electron chi connectivity index (χ0n) is 7.66. The van der Waals surface area contributed by atoms with E-state index in [1.165, 1.54) is 0 Å². The van der Waals surface area contributed by atoms with E-state index in [1.54, 1.807) is 16.9 Å². The topological polar surface area (TPSA) is 72.9 Å². The van der Waals surface area contributed by atoms with Gasteiger partial charge in [0.25, 0.3) is 5.91 Å². The van der Waals surface area contributed by atoms with Gasteiger partial charge in [-0.25, -0.2) is 5.84 Å². The zero-order chi connectivity index (χ0) is 9.68. The van der Waals surface area contributed by atoms with Crippen molar-refractivity contribution in [2.45, 2.75) is 26.3 Å². The summed E-state index contributed by atoms with van der Waals surface area (Å²) in [6.07, 6.45) is 3.68. The number of hydrogen-bond donors (Lipinski definition) is 2. The van der Waals surface area contributed by atoms with Gasteiger partial charge < -0.3 is 0 Å². The van der Waals surface area contributed by atoms with Gasteiger partial charge in [0.2, 0.25) is 0 Å². The fourth-order valence-electron chi connectivity index (χ4n) is 1.09. The fourth-order valence-corrected chi connectivity index (χ4v) is 1.09. The Kier molecular flexibility index (Phi) is 3.45. The van der Waals surface area contributed by atoms with Gasteiger partial charge in [0.1, 0.15) is 5.69 Å². The molecule has 0 spiro atoms. The van der Waals surface area contributed by atoms with Crippen LogP contribution >= 0.6 is 0 Å². The van der Waals surface area contributed by atoms with Crippen molar-refractivity contribution in [2.24, 2.45) is 5.84 Å². The van der Waals surface area contributed by atoms with E-state index in [4.69, 9.17) is 5.84 Å². The van der Waals surface area contributed by atoms with Crippen molar-refractivity contribution in [1.82, 2.24) is 15.2 Å². The summed E-state index contributed by atoms with van der Waals surface area (Å²) < 4.78 is 1.66. The molecule has 5 heteroatoms. The monoisotopic (exact) mass is 182 g/mol. The van der Waals surface area contributed by atoms with Gasteiger partial charge in [0, 0.05) is 12.7 Å². The van der Waals surface area contributed by atoms with Gasteiger partial charge in [-0.2, -0.15) is 5.10 Å². The molecule has 1 aromatic rings. The molecule has 5 nitrogen and oxygen atoms in total. The number of amides is 1. The average Bonchev–Trinajstić information content (AvgIpc) is 2.61. The average molecular weight is 182 g/mol. The quantitative estimate of drug-likeness (QED) is 0.399. The highest BCUT2D eigenvalue weighted by molar-refractivity contribution is 5.91. The molecule has 13 heavy (non-hydrogen) atoms. The number of aryl methyl sites for hydroxylation is 1. The van der Waals surface area contributed by atoms with Crippen LogP contribution < -0.4 is 11.3 Å². The molecular formula is C8H14N4O. The Bertz CT molecular complexity index is 281. The third-order valence-corrected chi connectivity index (χ3v) is 1.80. The van der Waals surface area contributed by atoms with E-state index in [1.807, 2.05) is 0 Å². The van der Waals surface area contributed by atoms with Crippen molar-refractivity contribution in [3.8, 4) is 0 Å². The predicted octanol–water partition coefficient (Wildman–Crippen LogP) is 0.287. The van der Waals surface area contributed by atoms with Crippen LogP contribution in [0.25, 0.3) is 0 Å². The van der Waals surface area contributed by atoms with Gasteiger partial charge >= 0.3 is 0 Å². The first kappa shape index (κ1) is 9.73. The van der Waals surface area contributed by atoms with Crippen molar-refractivity contribution < 1.29 is 4.79 Å². The van der Waals surface area contributed by atoms with Crippen LogP contribution in [-0.4, -0.2) is 15.7 Å². The number of nitrogens with zero attached hydrogens (tertiary/aromatic N) is 2. The number of aromatic nitrogens is 2. The molecule has 0 aliphatic heterocycles.